The Balaban J connectivity index is 2.63. The first-order valence-corrected chi connectivity index (χ1v) is 8.27. The SMILES string of the molecule is CCN1c2cc(Cl)c(/C=C(\C#N)C(=O)NC)cc2C(C)=CC1(C)C. The van der Waals surface area contributed by atoms with Crippen molar-refractivity contribution < 1.29 is 4.79 Å². The Morgan fingerprint density at radius 1 is 1.46 bits per heavy atom. The molecular formula is C19H22ClN3O. The van der Waals surface area contributed by atoms with Gasteiger partial charge in [-0.1, -0.05) is 17.7 Å². The van der Waals surface area contributed by atoms with Crippen molar-refractivity contribution in [3.63, 3.8) is 0 Å². The van der Waals surface area contributed by atoms with Gasteiger partial charge >= 0.3 is 0 Å². The van der Waals surface area contributed by atoms with E-state index in [0.717, 1.165) is 23.4 Å². The number of likely N-dealkylation sites (N-methyl/N-ethyl adjacent to an activating group) is 2. The molecule has 0 spiro atoms. The molecule has 0 aromatic heterocycles. The van der Waals surface area contributed by atoms with E-state index in [1.807, 2.05) is 18.2 Å². The first-order chi connectivity index (χ1) is 11.2. The number of allylic oxidation sites excluding steroid dienone is 1. The van der Waals surface area contributed by atoms with Crippen LogP contribution in [-0.4, -0.2) is 25.0 Å². The summed E-state index contributed by atoms with van der Waals surface area (Å²) in [4.78, 5) is 14.0. The average Bonchev–Trinajstić information content (AvgIpc) is 2.52. The Kier molecular flexibility index (Phi) is 5.05. The third-order valence-electron chi connectivity index (χ3n) is 4.30. The molecule has 126 valence electrons. The van der Waals surface area contributed by atoms with Gasteiger partial charge in [0.15, 0.2) is 0 Å². The van der Waals surface area contributed by atoms with Crippen molar-refractivity contribution in [3.8, 4) is 6.07 Å². The maximum Gasteiger partial charge on any atom is 0.261 e. The predicted molar refractivity (Wildman–Crippen MR) is 99.9 cm³/mol. The van der Waals surface area contributed by atoms with E-state index in [0.29, 0.717) is 10.6 Å². The van der Waals surface area contributed by atoms with Crippen molar-refractivity contribution in [1.29, 1.82) is 5.26 Å². The summed E-state index contributed by atoms with van der Waals surface area (Å²) < 4.78 is 0. The fourth-order valence-corrected chi connectivity index (χ4v) is 3.45. The van der Waals surface area contributed by atoms with Gasteiger partial charge in [0.25, 0.3) is 5.91 Å². The van der Waals surface area contributed by atoms with Crippen LogP contribution in [0.1, 0.15) is 38.8 Å². The Hall–Kier alpha value is -2.25. The van der Waals surface area contributed by atoms with E-state index in [1.165, 1.54) is 13.1 Å². The lowest BCUT2D eigenvalue weighted by atomic mass is 9.88. The number of nitrogens with one attached hydrogen (secondary N) is 1. The number of benzene rings is 1. The smallest absolute Gasteiger partial charge is 0.261 e. The van der Waals surface area contributed by atoms with Crippen molar-refractivity contribution in [2.24, 2.45) is 0 Å². The molecular weight excluding hydrogens is 322 g/mol. The lowest BCUT2D eigenvalue weighted by Gasteiger charge is -2.43. The third kappa shape index (κ3) is 3.18. The molecule has 0 unspecified atom stereocenters. The predicted octanol–water partition coefficient (Wildman–Crippen LogP) is 4.01. The number of anilines is 1. The van der Waals surface area contributed by atoms with Crippen molar-refractivity contribution in [2.45, 2.75) is 33.2 Å². The van der Waals surface area contributed by atoms with Crippen LogP contribution in [0.4, 0.5) is 5.69 Å². The molecule has 0 bridgehead atoms. The fraction of sp³-hybridized carbons (Fsp3) is 0.368. The number of carbonyl (C=O) groups excluding carboxylic acids is 1. The summed E-state index contributed by atoms with van der Waals surface area (Å²) in [6.45, 7) is 9.38. The summed E-state index contributed by atoms with van der Waals surface area (Å²) in [5.74, 6) is -0.421. The van der Waals surface area contributed by atoms with E-state index in [9.17, 15) is 10.1 Å². The van der Waals surface area contributed by atoms with Gasteiger partial charge in [0, 0.05) is 29.9 Å². The molecule has 1 aliphatic heterocycles. The van der Waals surface area contributed by atoms with Gasteiger partial charge in [0.2, 0.25) is 0 Å². The van der Waals surface area contributed by atoms with Crippen molar-refractivity contribution >= 4 is 34.8 Å². The molecule has 0 atom stereocenters. The van der Waals surface area contributed by atoms with E-state index >= 15 is 0 Å². The molecule has 0 saturated carbocycles. The van der Waals surface area contributed by atoms with E-state index in [4.69, 9.17) is 11.6 Å². The highest BCUT2D eigenvalue weighted by atomic mass is 35.5. The summed E-state index contributed by atoms with van der Waals surface area (Å²) in [6, 6.07) is 5.78. The Morgan fingerprint density at radius 3 is 2.67 bits per heavy atom. The molecule has 4 nitrogen and oxygen atoms in total. The van der Waals surface area contributed by atoms with E-state index in [2.05, 4.69) is 44.0 Å². The molecule has 24 heavy (non-hydrogen) atoms. The molecule has 2 rings (SSSR count). The number of fused-ring (bicyclic) bond motifs is 1. The first-order valence-electron chi connectivity index (χ1n) is 7.90. The van der Waals surface area contributed by atoms with Crippen molar-refractivity contribution in [2.75, 3.05) is 18.5 Å². The second kappa shape index (κ2) is 6.70. The Labute approximate surface area is 148 Å². The second-order valence-electron chi connectivity index (χ2n) is 6.37. The lowest BCUT2D eigenvalue weighted by molar-refractivity contribution is -0.116. The monoisotopic (exact) mass is 343 g/mol. The molecule has 0 fully saturated rings. The zero-order chi connectivity index (χ0) is 18.1. The number of nitriles is 1. The molecule has 1 amide bonds. The van der Waals surface area contributed by atoms with Crippen LogP contribution in [0.2, 0.25) is 5.02 Å². The van der Waals surface area contributed by atoms with Crippen LogP contribution in [-0.2, 0) is 4.79 Å². The van der Waals surface area contributed by atoms with E-state index < -0.39 is 5.91 Å². The zero-order valence-corrected chi connectivity index (χ0v) is 15.5. The van der Waals surface area contributed by atoms with Gasteiger partial charge in [0.1, 0.15) is 11.6 Å². The van der Waals surface area contributed by atoms with E-state index in [-0.39, 0.29) is 11.1 Å². The summed E-state index contributed by atoms with van der Waals surface area (Å²) in [6.07, 6.45) is 3.76. The summed E-state index contributed by atoms with van der Waals surface area (Å²) in [5.41, 5.74) is 3.91. The number of halogens is 1. The molecule has 1 heterocycles. The number of hydrogen-bond donors (Lipinski definition) is 1. The van der Waals surface area contributed by atoms with Crippen LogP contribution < -0.4 is 10.2 Å². The Morgan fingerprint density at radius 2 is 2.12 bits per heavy atom. The van der Waals surface area contributed by atoms with Crippen LogP contribution in [0.25, 0.3) is 11.6 Å². The largest absolute Gasteiger partial charge is 0.363 e. The van der Waals surface area contributed by atoms with Gasteiger partial charge in [0.05, 0.1) is 5.54 Å². The van der Waals surface area contributed by atoms with Gasteiger partial charge in [-0.05, 0) is 57.0 Å². The average molecular weight is 344 g/mol. The highest BCUT2D eigenvalue weighted by Gasteiger charge is 2.30. The maximum absolute atomic E-state index is 11.7. The maximum atomic E-state index is 11.7. The van der Waals surface area contributed by atoms with E-state index in [1.54, 1.807) is 0 Å². The summed E-state index contributed by atoms with van der Waals surface area (Å²) in [5, 5.41) is 12.2. The fourth-order valence-electron chi connectivity index (χ4n) is 3.24. The normalized spacial score (nSPS) is 16.1. The standard InChI is InChI=1S/C19H22ClN3O/c1-6-23-17-9-16(20)13(7-14(11-21)18(24)22-5)8-15(17)12(2)10-19(23,3)4/h7-10H,6H2,1-5H3,(H,22,24)/b14-7+. The second-order valence-corrected chi connectivity index (χ2v) is 6.77. The topological polar surface area (TPSA) is 56.1 Å². The summed E-state index contributed by atoms with van der Waals surface area (Å²) >= 11 is 6.44. The van der Waals surface area contributed by atoms with Gasteiger partial charge in [-0.3, -0.25) is 4.79 Å². The molecule has 0 aliphatic carbocycles. The number of amides is 1. The number of hydrogen-bond acceptors (Lipinski definition) is 3. The van der Waals surface area contributed by atoms with Crippen LogP contribution in [0.15, 0.2) is 23.8 Å². The molecule has 1 aromatic rings. The van der Waals surface area contributed by atoms with Crippen molar-refractivity contribution in [1.82, 2.24) is 5.32 Å². The van der Waals surface area contributed by atoms with Gasteiger partial charge in [-0.25, -0.2) is 0 Å². The van der Waals surface area contributed by atoms with Crippen LogP contribution in [0, 0.1) is 11.3 Å². The molecule has 5 heteroatoms. The number of carbonyl (C=O) groups is 1. The number of rotatable bonds is 3. The minimum absolute atomic E-state index is 0.0319. The highest BCUT2D eigenvalue weighted by Crippen LogP contribution is 2.41. The molecule has 0 radical (unpaired) electrons. The third-order valence-corrected chi connectivity index (χ3v) is 4.63. The lowest BCUT2D eigenvalue weighted by Crippen LogP contribution is -2.44. The van der Waals surface area contributed by atoms with Gasteiger partial charge < -0.3 is 10.2 Å². The molecule has 0 saturated heterocycles. The van der Waals surface area contributed by atoms with Gasteiger partial charge in [-0.2, -0.15) is 5.26 Å². The molecule has 1 aromatic carbocycles. The minimum atomic E-state index is -0.421. The minimum Gasteiger partial charge on any atom is -0.363 e. The molecule has 1 N–H and O–H groups in total. The van der Waals surface area contributed by atoms with Crippen molar-refractivity contribution in [3.05, 3.63) is 39.9 Å². The highest BCUT2D eigenvalue weighted by molar-refractivity contribution is 6.32. The number of nitrogens with zero attached hydrogens (tertiary/aromatic N) is 2. The van der Waals surface area contributed by atoms with Crippen LogP contribution in [0.5, 0.6) is 0 Å². The van der Waals surface area contributed by atoms with Crippen LogP contribution >= 0.6 is 11.6 Å². The zero-order valence-electron chi connectivity index (χ0n) is 14.7. The molecule has 1 aliphatic rings. The van der Waals surface area contributed by atoms with Crippen LogP contribution in [0.3, 0.4) is 0 Å². The first kappa shape index (κ1) is 18.1. The van der Waals surface area contributed by atoms with Gasteiger partial charge in [-0.15, -0.1) is 0 Å². The quantitative estimate of drug-likeness (QED) is 0.666. The Bertz CT molecular complexity index is 785. The summed E-state index contributed by atoms with van der Waals surface area (Å²) in [7, 11) is 1.50.